The molecule has 0 radical (unpaired) electrons. The Bertz CT molecular complexity index is 818. The summed E-state index contributed by atoms with van der Waals surface area (Å²) in [5.74, 6) is 0.580. The maximum absolute atomic E-state index is 12.4. The molecule has 0 aliphatic rings. The molecule has 2 rings (SSSR count). The third kappa shape index (κ3) is 5.82. The molecule has 3 N–H and O–H groups in total. The lowest BCUT2D eigenvalue weighted by molar-refractivity contribution is -0.885. The molecule has 2 amide bonds. The van der Waals surface area contributed by atoms with Crippen LogP contribution in [0.5, 0.6) is 5.75 Å². The number of methoxy groups -OCH3 is 1. The normalized spacial score (nSPS) is 12.8. The molecule has 1 unspecified atom stereocenters. The van der Waals surface area contributed by atoms with E-state index < -0.39 is 0 Å². The number of likely N-dealkylation sites (N-methyl/N-ethyl adjacent to an activating group) is 1. The first-order chi connectivity index (χ1) is 13.3. The first-order valence-corrected chi connectivity index (χ1v) is 9.40. The van der Waals surface area contributed by atoms with Gasteiger partial charge in [-0.3, -0.25) is 9.59 Å². The largest absolute Gasteiger partial charge is 0.497 e. The molecule has 150 valence electrons. The van der Waals surface area contributed by atoms with Gasteiger partial charge in [-0.05, 0) is 55.7 Å². The third-order valence-electron chi connectivity index (χ3n) is 5.08. The Morgan fingerprint density at radius 2 is 1.79 bits per heavy atom. The van der Waals surface area contributed by atoms with Crippen molar-refractivity contribution in [3.63, 3.8) is 0 Å². The van der Waals surface area contributed by atoms with E-state index in [-0.39, 0.29) is 24.4 Å². The number of ether oxygens (including phenoxy) is 1. The first-order valence-electron chi connectivity index (χ1n) is 9.40. The van der Waals surface area contributed by atoms with E-state index in [1.165, 1.54) is 0 Å². The monoisotopic (exact) mass is 384 g/mol. The molecule has 2 atom stereocenters. The Hall–Kier alpha value is -2.86. The maximum atomic E-state index is 12.4. The van der Waals surface area contributed by atoms with Crippen molar-refractivity contribution >= 4 is 17.5 Å². The van der Waals surface area contributed by atoms with Crippen LogP contribution >= 0.6 is 0 Å². The number of hydrogen-bond donors (Lipinski definition) is 3. The standard InChI is InChI=1S/C22H29N3O3/c1-15-7-6-8-20(16(15)2)24-21(26)14-25(4)17(3)22(27)23-13-18-9-11-19(28-5)12-10-18/h6-12,17H,13-14H2,1-5H3,(H,23,27)(H,24,26)/p+1/t17-/m0/s1. The van der Waals surface area contributed by atoms with Gasteiger partial charge in [0.05, 0.1) is 14.2 Å². The molecule has 0 heterocycles. The fraction of sp³-hybridized carbons (Fsp3) is 0.364. The summed E-state index contributed by atoms with van der Waals surface area (Å²) in [5.41, 5.74) is 3.99. The van der Waals surface area contributed by atoms with Crippen molar-refractivity contribution in [2.75, 3.05) is 26.0 Å². The smallest absolute Gasteiger partial charge is 0.279 e. The Morgan fingerprint density at radius 1 is 1.11 bits per heavy atom. The molecule has 0 saturated heterocycles. The Kier molecular flexibility index (Phi) is 7.58. The second kappa shape index (κ2) is 9.90. The van der Waals surface area contributed by atoms with E-state index in [9.17, 15) is 9.59 Å². The SMILES string of the molecule is COc1ccc(CNC(=O)[C@H](C)[NH+](C)CC(=O)Nc2cccc(C)c2C)cc1. The Labute approximate surface area is 166 Å². The summed E-state index contributed by atoms with van der Waals surface area (Å²) in [6.07, 6.45) is 0. The van der Waals surface area contributed by atoms with Crippen molar-refractivity contribution in [3.8, 4) is 5.75 Å². The van der Waals surface area contributed by atoms with Gasteiger partial charge in [-0.2, -0.15) is 0 Å². The second-order valence-corrected chi connectivity index (χ2v) is 7.11. The highest BCUT2D eigenvalue weighted by Crippen LogP contribution is 2.17. The molecule has 0 aliphatic heterocycles. The lowest BCUT2D eigenvalue weighted by Crippen LogP contribution is -3.15. The highest BCUT2D eigenvalue weighted by atomic mass is 16.5. The number of nitrogens with one attached hydrogen (secondary N) is 3. The van der Waals surface area contributed by atoms with Gasteiger partial charge in [0, 0.05) is 12.2 Å². The minimum Gasteiger partial charge on any atom is -0.497 e. The van der Waals surface area contributed by atoms with Gasteiger partial charge in [0.15, 0.2) is 12.6 Å². The molecule has 0 spiro atoms. The molecule has 28 heavy (non-hydrogen) atoms. The molecule has 0 saturated carbocycles. The lowest BCUT2D eigenvalue weighted by atomic mass is 10.1. The van der Waals surface area contributed by atoms with Crippen LogP contribution in [0.3, 0.4) is 0 Å². The number of aryl methyl sites for hydroxylation is 1. The number of benzene rings is 2. The van der Waals surface area contributed by atoms with Crippen molar-refractivity contribution in [2.24, 2.45) is 0 Å². The van der Waals surface area contributed by atoms with Gasteiger partial charge in [-0.15, -0.1) is 0 Å². The minimum absolute atomic E-state index is 0.0899. The van der Waals surface area contributed by atoms with Crippen LogP contribution in [0.2, 0.25) is 0 Å². The van der Waals surface area contributed by atoms with Crippen LogP contribution in [0.4, 0.5) is 5.69 Å². The van der Waals surface area contributed by atoms with Gasteiger partial charge >= 0.3 is 0 Å². The van der Waals surface area contributed by atoms with Crippen LogP contribution in [0.1, 0.15) is 23.6 Å². The van der Waals surface area contributed by atoms with E-state index in [0.717, 1.165) is 33.0 Å². The van der Waals surface area contributed by atoms with Gasteiger partial charge in [-0.1, -0.05) is 24.3 Å². The number of carbonyl (C=O) groups excluding carboxylic acids is 2. The van der Waals surface area contributed by atoms with Crippen molar-refractivity contribution in [3.05, 3.63) is 59.2 Å². The molecule has 6 nitrogen and oxygen atoms in total. The van der Waals surface area contributed by atoms with Crippen LogP contribution in [-0.2, 0) is 16.1 Å². The average molecular weight is 385 g/mol. The number of carbonyl (C=O) groups is 2. The van der Waals surface area contributed by atoms with E-state index in [4.69, 9.17) is 4.74 Å². The summed E-state index contributed by atoms with van der Waals surface area (Å²) in [6, 6.07) is 13.0. The third-order valence-corrected chi connectivity index (χ3v) is 5.08. The van der Waals surface area contributed by atoms with E-state index >= 15 is 0 Å². The number of rotatable bonds is 8. The fourth-order valence-electron chi connectivity index (χ4n) is 2.80. The fourth-order valence-corrected chi connectivity index (χ4v) is 2.80. The molecule has 0 aliphatic carbocycles. The maximum Gasteiger partial charge on any atom is 0.279 e. The van der Waals surface area contributed by atoms with Crippen molar-refractivity contribution in [2.45, 2.75) is 33.4 Å². The number of amides is 2. The number of quaternary nitrogens is 1. The van der Waals surface area contributed by atoms with Crippen LogP contribution < -0.4 is 20.3 Å². The molecule has 2 aromatic rings. The zero-order chi connectivity index (χ0) is 20.7. The van der Waals surface area contributed by atoms with E-state index in [2.05, 4.69) is 10.6 Å². The summed E-state index contributed by atoms with van der Waals surface area (Å²) < 4.78 is 5.13. The summed E-state index contributed by atoms with van der Waals surface area (Å²) in [4.78, 5) is 25.6. The molecule has 0 bridgehead atoms. The Morgan fingerprint density at radius 3 is 2.43 bits per heavy atom. The van der Waals surface area contributed by atoms with Gasteiger partial charge < -0.3 is 20.3 Å². The number of anilines is 1. The minimum atomic E-state index is -0.345. The summed E-state index contributed by atoms with van der Waals surface area (Å²) >= 11 is 0. The van der Waals surface area contributed by atoms with Crippen LogP contribution in [0, 0.1) is 13.8 Å². The van der Waals surface area contributed by atoms with Gasteiger partial charge in [0.2, 0.25) is 0 Å². The highest BCUT2D eigenvalue weighted by molar-refractivity contribution is 5.92. The zero-order valence-corrected chi connectivity index (χ0v) is 17.3. The molecule has 2 aromatic carbocycles. The van der Waals surface area contributed by atoms with Crippen LogP contribution in [-0.4, -0.2) is 38.6 Å². The second-order valence-electron chi connectivity index (χ2n) is 7.11. The van der Waals surface area contributed by atoms with E-state index in [1.54, 1.807) is 7.11 Å². The van der Waals surface area contributed by atoms with Crippen molar-refractivity contribution in [1.82, 2.24) is 5.32 Å². The molecule has 6 heteroatoms. The van der Waals surface area contributed by atoms with Crippen molar-refractivity contribution < 1.29 is 19.2 Å². The number of hydrogen-bond acceptors (Lipinski definition) is 3. The predicted molar refractivity (Wildman–Crippen MR) is 111 cm³/mol. The Balaban J connectivity index is 1.84. The van der Waals surface area contributed by atoms with Gasteiger partial charge in [-0.25, -0.2) is 0 Å². The molecule has 0 fully saturated rings. The summed E-state index contributed by atoms with van der Waals surface area (Å²) in [5, 5.41) is 5.87. The quantitative estimate of drug-likeness (QED) is 0.645. The predicted octanol–water partition coefficient (Wildman–Crippen LogP) is 1.47. The van der Waals surface area contributed by atoms with Gasteiger partial charge in [0.25, 0.3) is 11.8 Å². The van der Waals surface area contributed by atoms with Crippen LogP contribution in [0.25, 0.3) is 0 Å². The topological polar surface area (TPSA) is 71.9 Å². The molecule has 0 aromatic heterocycles. The zero-order valence-electron chi connectivity index (χ0n) is 17.3. The lowest BCUT2D eigenvalue weighted by Gasteiger charge is -2.21. The van der Waals surface area contributed by atoms with E-state index in [1.807, 2.05) is 70.3 Å². The molecular weight excluding hydrogens is 354 g/mol. The van der Waals surface area contributed by atoms with Gasteiger partial charge in [0.1, 0.15) is 5.75 Å². The first kappa shape index (κ1) is 21.4. The van der Waals surface area contributed by atoms with Crippen molar-refractivity contribution in [1.29, 1.82) is 0 Å². The molecular formula is C22H30N3O3+. The summed E-state index contributed by atoms with van der Waals surface area (Å²) in [7, 11) is 3.47. The highest BCUT2D eigenvalue weighted by Gasteiger charge is 2.23. The average Bonchev–Trinajstić information content (AvgIpc) is 2.69. The van der Waals surface area contributed by atoms with Crippen LogP contribution in [0.15, 0.2) is 42.5 Å². The van der Waals surface area contributed by atoms with E-state index in [0.29, 0.717) is 6.54 Å². The summed E-state index contributed by atoms with van der Waals surface area (Å²) in [6.45, 7) is 6.47.